The Kier molecular flexibility index (Phi) is 4.62. The summed E-state index contributed by atoms with van der Waals surface area (Å²) in [5.41, 5.74) is 0.409. The van der Waals surface area contributed by atoms with Crippen molar-refractivity contribution < 1.29 is 13.2 Å². The fraction of sp³-hybridized carbons (Fsp3) is 0.286. The van der Waals surface area contributed by atoms with Crippen molar-refractivity contribution in [2.75, 3.05) is 17.2 Å². The van der Waals surface area contributed by atoms with Gasteiger partial charge < -0.3 is 10.6 Å². The molecule has 0 bridgehead atoms. The zero-order chi connectivity index (χ0) is 15.4. The maximum absolute atomic E-state index is 13.7. The average Bonchev–Trinajstić information content (AvgIpc) is 2.45. The predicted molar refractivity (Wildman–Crippen MR) is 75.2 cm³/mol. The van der Waals surface area contributed by atoms with Crippen molar-refractivity contribution in [3.63, 3.8) is 0 Å². The van der Waals surface area contributed by atoms with Crippen molar-refractivity contribution in [2.45, 2.75) is 20.3 Å². The van der Waals surface area contributed by atoms with E-state index in [2.05, 4.69) is 20.6 Å². The summed E-state index contributed by atoms with van der Waals surface area (Å²) in [7, 11) is 0. The molecule has 0 radical (unpaired) electrons. The number of hydrogen-bond donors (Lipinski definition) is 2. The molecule has 0 unspecified atom stereocenters. The minimum absolute atomic E-state index is 0.302. The van der Waals surface area contributed by atoms with Crippen LogP contribution in [0, 0.1) is 17.5 Å². The van der Waals surface area contributed by atoms with E-state index in [1.807, 2.05) is 13.8 Å². The molecule has 0 saturated carbocycles. The van der Waals surface area contributed by atoms with Crippen molar-refractivity contribution in [2.24, 2.45) is 0 Å². The van der Waals surface area contributed by atoms with E-state index >= 15 is 0 Å². The summed E-state index contributed by atoms with van der Waals surface area (Å²) < 4.78 is 40.1. The minimum Gasteiger partial charge on any atom is -0.370 e. The monoisotopic (exact) mass is 296 g/mol. The summed E-state index contributed by atoms with van der Waals surface area (Å²) in [4.78, 5) is 8.11. The Bertz CT molecular complexity index is 646. The highest BCUT2D eigenvalue weighted by molar-refractivity contribution is 5.65. The smallest absolute Gasteiger partial charge is 0.182 e. The number of nitrogens with one attached hydrogen (secondary N) is 2. The Morgan fingerprint density at radius 2 is 1.76 bits per heavy atom. The van der Waals surface area contributed by atoms with Crippen LogP contribution in [0.2, 0.25) is 0 Å². The van der Waals surface area contributed by atoms with E-state index in [-0.39, 0.29) is 5.69 Å². The van der Waals surface area contributed by atoms with Crippen LogP contribution >= 0.6 is 0 Å². The molecule has 0 aliphatic carbocycles. The maximum Gasteiger partial charge on any atom is 0.182 e. The van der Waals surface area contributed by atoms with E-state index in [4.69, 9.17) is 0 Å². The first-order valence-corrected chi connectivity index (χ1v) is 6.56. The number of halogens is 3. The molecule has 0 saturated heterocycles. The molecule has 4 nitrogen and oxygen atoms in total. The third-order valence-corrected chi connectivity index (χ3v) is 2.89. The van der Waals surface area contributed by atoms with Gasteiger partial charge in [0, 0.05) is 24.2 Å². The van der Waals surface area contributed by atoms with Crippen molar-refractivity contribution >= 4 is 17.3 Å². The number of aromatic nitrogens is 2. The fourth-order valence-electron chi connectivity index (χ4n) is 1.95. The number of anilines is 3. The van der Waals surface area contributed by atoms with Gasteiger partial charge in [0.2, 0.25) is 0 Å². The maximum atomic E-state index is 13.7. The van der Waals surface area contributed by atoms with Gasteiger partial charge in [0.25, 0.3) is 0 Å². The van der Waals surface area contributed by atoms with Gasteiger partial charge in [0.1, 0.15) is 23.8 Å². The van der Waals surface area contributed by atoms with Crippen molar-refractivity contribution in [1.82, 2.24) is 9.97 Å². The van der Waals surface area contributed by atoms with Gasteiger partial charge in [0.15, 0.2) is 11.6 Å². The number of nitrogens with zero attached hydrogens (tertiary/aromatic N) is 2. The fourth-order valence-corrected chi connectivity index (χ4v) is 1.95. The standard InChI is InChI=1S/C14H15F3N4/c1-3-9-13(18-4-2)19-7-20-14(9)21-11-6-8(15)5-10(16)12(11)17/h5-7H,3-4H2,1-2H3,(H2,18,19,20,21). The third-order valence-electron chi connectivity index (χ3n) is 2.89. The first-order valence-electron chi connectivity index (χ1n) is 6.56. The van der Waals surface area contributed by atoms with Crippen LogP contribution in [0.4, 0.5) is 30.5 Å². The van der Waals surface area contributed by atoms with Crippen LogP contribution in [-0.4, -0.2) is 16.5 Å². The van der Waals surface area contributed by atoms with Crippen LogP contribution in [0.5, 0.6) is 0 Å². The Labute approximate surface area is 120 Å². The van der Waals surface area contributed by atoms with E-state index in [1.165, 1.54) is 6.33 Å². The second-order valence-corrected chi connectivity index (χ2v) is 4.31. The highest BCUT2D eigenvalue weighted by atomic mass is 19.2. The van der Waals surface area contributed by atoms with E-state index in [0.29, 0.717) is 36.2 Å². The highest BCUT2D eigenvalue weighted by Gasteiger charge is 2.15. The number of benzene rings is 1. The van der Waals surface area contributed by atoms with Crippen molar-refractivity contribution in [3.8, 4) is 0 Å². The molecule has 2 aromatic rings. The van der Waals surface area contributed by atoms with Gasteiger partial charge in [-0.1, -0.05) is 6.92 Å². The molecule has 0 amide bonds. The molecule has 0 spiro atoms. The van der Waals surface area contributed by atoms with Gasteiger partial charge >= 0.3 is 0 Å². The van der Waals surface area contributed by atoms with Crippen LogP contribution in [0.1, 0.15) is 19.4 Å². The minimum atomic E-state index is -1.25. The normalized spacial score (nSPS) is 10.5. The Balaban J connectivity index is 2.42. The molecule has 1 heterocycles. The molecular weight excluding hydrogens is 281 g/mol. The average molecular weight is 296 g/mol. The second kappa shape index (κ2) is 6.43. The SMILES string of the molecule is CCNc1ncnc(Nc2cc(F)cc(F)c2F)c1CC. The highest BCUT2D eigenvalue weighted by Crippen LogP contribution is 2.27. The van der Waals surface area contributed by atoms with Gasteiger partial charge in [-0.3, -0.25) is 0 Å². The van der Waals surface area contributed by atoms with E-state index < -0.39 is 17.5 Å². The van der Waals surface area contributed by atoms with E-state index in [1.54, 1.807) is 0 Å². The first kappa shape index (κ1) is 15.1. The summed E-state index contributed by atoms with van der Waals surface area (Å²) in [6, 6.07) is 1.37. The molecule has 21 heavy (non-hydrogen) atoms. The summed E-state index contributed by atoms with van der Waals surface area (Å²) >= 11 is 0. The first-order chi connectivity index (χ1) is 10.1. The molecule has 0 aliphatic heterocycles. The Hall–Kier alpha value is -2.31. The molecule has 1 aromatic carbocycles. The lowest BCUT2D eigenvalue weighted by Crippen LogP contribution is -2.08. The quantitative estimate of drug-likeness (QED) is 0.827. The lowest BCUT2D eigenvalue weighted by molar-refractivity contribution is 0.498. The van der Waals surface area contributed by atoms with Gasteiger partial charge in [0.05, 0.1) is 5.69 Å². The summed E-state index contributed by atoms with van der Waals surface area (Å²) in [6.07, 6.45) is 1.87. The molecule has 2 N–H and O–H groups in total. The van der Waals surface area contributed by atoms with Gasteiger partial charge in [-0.2, -0.15) is 0 Å². The molecule has 2 rings (SSSR count). The van der Waals surface area contributed by atoms with Crippen LogP contribution in [0.25, 0.3) is 0 Å². The van der Waals surface area contributed by atoms with Crippen LogP contribution in [0.15, 0.2) is 18.5 Å². The van der Waals surface area contributed by atoms with Gasteiger partial charge in [-0.05, 0) is 13.3 Å². The Morgan fingerprint density at radius 3 is 2.43 bits per heavy atom. The lowest BCUT2D eigenvalue weighted by Gasteiger charge is -2.14. The van der Waals surface area contributed by atoms with Crippen LogP contribution in [-0.2, 0) is 6.42 Å². The van der Waals surface area contributed by atoms with Crippen molar-refractivity contribution in [1.29, 1.82) is 0 Å². The molecule has 1 aromatic heterocycles. The number of rotatable bonds is 5. The topological polar surface area (TPSA) is 49.8 Å². The van der Waals surface area contributed by atoms with Gasteiger partial charge in [-0.15, -0.1) is 0 Å². The summed E-state index contributed by atoms with van der Waals surface area (Å²) in [6.45, 7) is 4.45. The lowest BCUT2D eigenvalue weighted by atomic mass is 10.2. The predicted octanol–water partition coefficient (Wildman–Crippen LogP) is 3.63. The largest absolute Gasteiger partial charge is 0.370 e. The third kappa shape index (κ3) is 3.24. The van der Waals surface area contributed by atoms with Crippen molar-refractivity contribution in [3.05, 3.63) is 41.5 Å². The van der Waals surface area contributed by atoms with Crippen LogP contribution in [0.3, 0.4) is 0 Å². The summed E-state index contributed by atoms with van der Waals surface area (Å²) in [5, 5.41) is 5.68. The van der Waals surface area contributed by atoms with Gasteiger partial charge in [-0.25, -0.2) is 23.1 Å². The van der Waals surface area contributed by atoms with Crippen LogP contribution < -0.4 is 10.6 Å². The van der Waals surface area contributed by atoms with E-state index in [9.17, 15) is 13.2 Å². The molecular formula is C14H15F3N4. The zero-order valence-corrected chi connectivity index (χ0v) is 11.7. The molecule has 0 fully saturated rings. The molecule has 0 aliphatic rings. The second-order valence-electron chi connectivity index (χ2n) is 4.31. The number of hydrogen-bond acceptors (Lipinski definition) is 4. The molecule has 0 atom stereocenters. The Morgan fingerprint density at radius 1 is 1.05 bits per heavy atom. The summed E-state index contributed by atoms with van der Waals surface area (Å²) in [5.74, 6) is -2.35. The van der Waals surface area contributed by atoms with E-state index in [0.717, 1.165) is 6.07 Å². The molecule has 7 heteroatoms. The molecule has 112 valence electrons. The zero-order valence-electron chi connectivity index (χ0n) is 11.7.